The maximum Gasteiger partial charge on any atom is 0.332 e. The Balaban J connectivity index is 2.88. The summed E-state index contributed by atoms with van der Waals surface area (Å²) in [4.78, 5) is 21.4. The van der Waals surface area contributed by atoms with Gasteiger partial charge in [-0.05, 0) is 30.3 Å². The molecule has 0 heterocycles. The van der Waals surface area contributed by atoms with E-state index in [2.05, 4.69) is 26.4 Å². The average molecular weight is 354 g/mol. The van der Waals surface area contributed by atoms with E-state index in [1.807, 2.05) is 13.8 Å². The Bertz CT molecular complexity index is 315. The standard InChI is InChI=1S/C13H24BrNO5/c1-4-8-5-9(12(16)17)6-10(14)11(7(8)2)13(18)20-15-19-3/h7-12,15-17H,4-6H2,1-3H3. The van der Waals surface area contributed by atoms with E-state index in [0.29, 0.717) is 12.8 Å². The van der Waals surface area contributed by atoms with Gasteiger partial charge in [0.1, 0.15) is 0 Å². The molecule has 6 nitrogen and oxygen atoms in total. The van der Waals surface area contributed by atoms with Crippen LogP contribution in [-0.4, -0.2) is 34.4 Å². The Labute approximate surface area is 127 Å². The molecule has 5 unspecified atom stereocenters. The minimum Gasteiger partial charge on any atom is -0.368 e. The number of halogens is 1. The first kappa shape index (κ1) is 17.8. The zero-order valence-electron chi connectivity index (χ0n) is 12.1. The van der Waals surface area contributed by atoms with E-state index in [1.54, 1.807) is 0 Å². The zero-order valence-corrected chi connectivity index (χ0v) is 13.7. The SMILES string of the molecule is CCC1CC(C(O)O)CC(Br)C(C(=O)ONOC)C1C. The van der Waals surface area contributed by atoms with E-state index in [9.17, 15) is 15.0 Å². The Morgan fingerprint density at radius 1 is 1.45 bits per heavy atom. The third-order valence-electron chi connectivity index (χ3n) is 4.28. The molecule has 7 heteroatoms. The molecule has 0 saturated heterocycles. The summed E-state index contributed by atoms with van der Waals surface area (Å²) in [5.41, 5.74) is 2.10. The van der Waals surface area contributed by atoms with Crippen LogP contribution in [0.3, 0.4) is 0 Å². The summed E-state index contributed by atoms with van der Waals surface area (Å²) in [6.07, 6.45) is 0.735. The lowest BCUT2D eigenvalue weighted by Gasteiger charge is -2.28. The minimum atomic E-state index is -1.36. The lowest BCUT2D eigenvalue weighted by atomic mass is 9.80. The highest BCUT2D eigenvalue weighted by molar-refractivity contribution is 9.09. The number of aliphatic hydroxyl groups is 2. The van der Waals surface area contributed by atoms with Crippen LogP contribution >= 0.6 is 15.9 Å². The van der Waals surface area contributed by atoms with Crippen molar-refractivity contribution in [1.29, 1.82) is 0 Å². The largest absolute Gasteiger partial charge is 0.368 e. The first-order valence-corrected chi connectivity index (χ1v) is 7.82. The molecule has 5 atom stereocenters. The third-order valence-corrected chi connectivity index (χ3v) is 5.22. The molecule has 3 N–H and O–H groups in total. The van der Waals surface area contributed by atoms with Crippen molar-refractivity contribution < 1.29 is 24.7 Å². The number of hydrogen-bond donors (Lipinski definition) is 3. The predicted molar refractivity (Wildman–Crippen MR) is 76.3 cm³/mol. The number of nitrogens with one attached hydrogen (secondary N) is 1. The molecule has 1 rings (SSSR count). The highest BCUT2D eigenvalue weighted by Gasteiger charge is 2.42. The molecule has 0 amide bonds. The van der Waals surface area contributed by atoms with Gasteiger partial charge in [-0.2, -0.15) is 0 Å². The molecule has 1 saturated carbocycles. The van der Waals surface area contributed by atoms with Gasteiger partial charge in [0.05, 0.1) is 13.0 Å². The minimum absolute atomic E-state index is 0.0827. The van der Waals surface area contributed by atoms with Crippen LogP contribution in [0, 0.1) is 23.7 Å². The highest BCUT2D eigenvalue weighted by Crippen LogP contribution is 2.42. The summed E-state index contributed by atoms with van der Waals surface area (Å²) < 4.78 is 0. The summed E-state index contributed by atoms with van der Waals surface area (Å²) in [5, 5.41) is 18.9. The molecule has 0 aliphatic heterocycles. The third kappa shape index (κ3) is 4.39. The van der Waals surface area contributed by atoms with Crippen molar-refractivity contribution in [2.45, 2.75) is 44.2 Å². The van der Waals surface area contributed by atoms with Crippen molar-refractivity contribution in [3.05, 3.63) is 0 Å². The maximum absolute atomic E-state index is 12.1. The Morgan fingerprint density at radius 2 is 2.10 bits per heavy atom. The van der Waals surface area contributed by atoms with E-state index in [4.69, 9.17) is 4.84 Å². The molecule has 1 aliphatic carbocycles. The normalized spacial score (nSPS) is 34.9. The van der Waals surface area contributed by atoms with Gasteiger partial charge in [0.15, 0.2) is 6.29 Å². The first-order chi connectivity index (χ1) is 9.42. The molecule has 0 aromatic rings. The number of rotatable bonds is 5. The average Bonchev–Trinajstić information content (AvgIpc) is 2.52. The molecule has 0 aromatic heterocycles. The summed E-state index contributed by atoms with van der Waals surface area (Å²) in [6.45, 7) is 4.06. The summed E-state index contributed by atoms with van der Waals surface area (Å²) in [6, 6.07) is 0. The fourth-order valence-corrected chi connectivity index (χ4v) is 4.23. The van der Waals surface area contributed by atoms with Crippen molar-refractivity contribution >= 4 is 21.9 Å². The quantitative estimate of drug-likeness (QED) is 0.299. The summed E-state index contributed by atoms with van der Waals surface area (Å²) in [7, 11) is 1.36. The van der Waals surface area contributed by atoms with Crippen molar-refractivity contribution in [3.63, 3.8) is 0 Å². The second-order valence-electron chi connectivity index (χ2n) is 5.42. The van der Waals surface area contributed by atoms with E-state index in [1.165, 1.54) is 7.11 Å². The van der Waals surface area contributed by atoms with Gasteiger partial charge in [0, 0.05) is 10.7 Å². The van der Waals surface area contributed by atoms with Crippen LogP contribution in [-0.2, 0) is 14.5 Å². The van der Waals surface area contributed by atoms with E-state index in [-0.39, 0.29) is 28.5 Å². The first-order valence-electron chi connectivity index (χ1n) is 6.91. The van der Waals surface area contributed by atoms with Crippen LogP contribution in [0.4, 0.5) is 0 Å². The van der Waals surface area contributed by atoms with Crippen LogP contribution in [0.15, 0.2) is 0 Å². The van der Waals surface area contributed by atoms with Crippen LogP contribution in [0.25, 0.3) is 0 Å². The number of carbonyl (C=O) groups excluding carboxylic acids is 1. The number of hydrogen-bond acceptors (Lipinski definition) is 6. The second kappa shape index (κ2) is 8.29. The molecular formula is C13H24BrNO5. The zero-order chi connectivity index (χ0) is 15.3. The predicted octanol–water partition coefficient (Wildman–Crippen LogP) is 1.36. The second-order valence-corrected chi connectivity index (χ2v) is 6.60. The molecule has 1 aliphatic rings. The van der Waals surface area contributed by atoms with Gasteiger partial charge in [-0.3, -0.25) is 4.84 Å². The van der Waals surface area contributed by atoms with Crippen LogP contribution in [0.2, 0.25) is 0 Å². The molecule has 20 heavy (non-hydrogen) atoms. The molecule has 118 valence electrons. The molecule has 1 fully saturated rings. The van der Waals surface area contributed by atoms with Crippen LogP contribution in [0.1, 0.15) is 33.1 Å². The lowest BCUT2D eigenvalue weighted by Crippen LogP contribution is -2.36. The lowest BCUT2D eigenvalue weighted by molar-refractivity contribution is -0.191. The van der Waals surface area contributed by atoms with Gasteiger partial charge in [-0.1, -0.05) is 36.2 Å². The summed E-state index contributed by atoms with van der Waals surface area (Å²) >= 11 is 3.51. The Hall–Kier alpha value is -0.210. The monoisotopic (exact) mass is 353 g/mol. The van der Waals surface area contributed by atoms with Crippen molar-refractivity contribution in [2.24, 2.45) is 23.7 Å². The smallest absolute Gasteiger partial charge is 0.332 e. The van der Waals surface area contributed by atoms with E-state index < -0.39 is 12.3 Å². The number of alkyl halides is 1. The van der Waals surface area contributed by atoms with E-state index >= 15 is 0 Å². The fraction of sp³-hybridized carbons (Fsp3) is 0.923. The van der Waals surface area contributed by atoms with Gasteiger partial charge >= 0.3 is 5.97 Å². The van der Waals surface area contributed by atoms with Crippen LogP contribution in [0.5, 0.6) is 0 Å². The van der Waals surface area contributed by atoms with Gasteiger partial charge < -0.3 is 15.1 Å². The fourth-order valence-electron chi connectivity index (χ4n) is 3.05. The highest BCUT2D eigenvalue weighted by atomic mass is 79.9. The Morgan fingerprint density at radius 3 is 2.60 bits per heavy atom. The van der Waals surface area contributed by atoms with Crippen LogP contribution < -0.4 is 5.64 Å². The molecule has 0 aromatic carbocycles. The summed E-state index contributed by atoms with van der Waals surface area (Å²) in [5.74, 6) is -0.664. The van der Waals surface area contributed by atoms with Crippen molar-refractivity contribution in [2.75, 3.05) is 7.11 Å². The topological polar surface area (TPSA) is 88.0 Å². The van der Waals surface area contributed by atoms with Gasteiger partial charge in [-0.25, -0.2) is 4.79 Å². The molecule has 0 spiro atoms. The number of carbonyl (C=O) groups is 1. The maximum atomic E-state index is 12.1. The van der Waals surface area contributed by atoms with E-state index in [0.717, 1.165) is 6.42 Å². The van der Waals surface area contributed by atoms with Gasteiger partial charge in [0.25, 0.3) is 0 Å². The molecule has 0 bridgehead atoms. The van der Waals surface area contributed by atoms with Gasteiger partial charge in [-0.15, -0.1) is 0 Å². The molecular weight excluding hydrogens is 330 g/mol. The Kier molecular flexibility index (Phi) is 7.39. The molecule has 0 radical (unpaired) electrons. The number of aliphatic hydroxyl groups excluding tert-OH is 1. The van der Waals surface area contributed by atoms with Crippen molar-refractivity contribution in [3.8, 4) is 0 Å². The van der Waals surface area contributed by atoms with Gasteiger partial charge in [0.2, 0.25) is 0 Å². The van der Waals surface area contributed by atoms with Crippen molar-refractivity contribution in [1.82, 2.24) is 5.64 Å².